The third kappa shape index (κ3) is 8.22. The van der Waals surface area contributed by atoms with E-state index in [4.69, 9.17) is 9.73 Å². The second kappa shape index (κ2) is 13.1. The van der Waals surface area contributed by atoms with Crippen LogP contribution in [0, 0.1) is 0 Å². The van der Waals surface area contributed by atoms with Crippen molar-refractivity contribution >= 4 is 11.9 Å². The van der Waals surface area contributed by atoms with E-state index < -0.39 is 0 Å². The highest BCUT2D eigenvalue weighted by atomic mass is 16.5. The Bertz CT molecular complexity index is 654. The summed E-state index contributed by atoms with van der Waals surface area (Å²) in [5.41, 5.74) is 1.26. The fourth-order valence-electron chi connectivity index (χ4n) is 3.70. The second-order valence-corrected chi connectivity index (χ2v) is 8.00. The normalized spacial score (nSPS) is 16.2. The van der Waals surface area contributed by atoms with E-state index in [1.807, 2.05) is 32.9 Å². The van der Waals surface area contributed by atoms with Crippen LogP contribution < -0.4 is 20.7 Å². The molecule has 1 aliphatic heterocycles. The molecule has 1 amide bonds. The summed E-state index contributed by atoms with van der Waals surface area (Å²) >= 11 is 0. The van der Waals surface area contributed by atoms with Crippen molar-refractivity contribution in [3.05, 3.63) is 29.8 Å². The zero-order valence-electron chi connectivity index (χ0n) is 19.0. The van der Waals surface area contributed by atoms with Crippen LogP contribution in [-0.4, -0.2) is 62.6 Å². The lowest BCUT2D eigenvalue weighted by molar-refractivity contribution is -0.121. The van der Waals surface area contributed by atoms with Crippen molar-refractivity contribution in [1.82, 2.24) is 20.9 Å². The van der Waals surface area contributed by atoms with Gasteiger partial charge in [-0.25, -0.2) is 0 Å². The van der Waals surface area contributed by atoms with Gasteiger partial charge in [-0.15, -0.1) is 0 Å². The predicted molar refractivity (Wildman–Crippen MR) is 123 cm³/mol. The molecule has 1 aliphatic rings. The number of rotatable bonds is 10. The van der Waals surface area contributed by atoms with E-state index in [2.05, 4.69) is 33.0 Å². The Kier molecular flexibility index (Phi) is 10.5. The molecule has 0 aromatic heterocycles. The molecule has 30 heavy (non-hydrogen) atoms. The summed E-state index contributed by atoms with van der Waals surface area (Å²) in [5, 5.41) is 9.50. The molecule has 3 N–H and O–H groups in total. The molecule has 0 bridgehead atoms. The first kappa shape index (κ1) is 24.0. The zero-order chi connectivity index (χ0) is 21.8. The predicted octanol–water partition coefficient (Wildman–Crippen LogP) is 2.69. The molecule has 1 heterocycles. The molecule has 1 unspecified atom stereocenters. The molecule has 0 spiro atoms. The Labute approximate surface area is 181 Å². The van der Waals surface area contributed by atoms with Crippen molar-refractivity contribution in [2.75, 3.05) is 39.8 Å². The lowest BCUT2D eigenvalue weighted by Crippen LogP contribution is -2.41. The van der Waals surface area contributed by atoms with Crippen molar-refractivity contribution in [3.63, 3.8) is 0 Å². The maximum atomic E-state index is 11.9. The van der Waals surface area contributed by atoms with Crippen molar-refractivity contribution in [3.8, 4) is 5.75 Å². The Balaban J connectivity index is 2.04. The minimum atomic E-state index is 0.0535. The summed E-state index contributed by atoms with van der Waals surface area (Å²) in [7, 11) is 1.69. The fourth-order valence-corrected chi connectivity index (χ4v) is 3.70. The Morgan fingerprint density at radius 3 is 2.43 bits per heavy atom. The first-order valence-electron chi connectivity index (χ1n) is 11.2. The van der Waals surface area contributed by atoms with Crippen molar-refractivity contribution in [1.29, 1.82) is 0 Å². The van der Waals surface area contributed by atoms with E-state index in [-0.39, 0.29) is 18.0 Å². The number of ether oxygens (including phenoxy) is 1. The number of hydrogen-bond acceptors (Lipinski definition) is 4. The molecule has 1 atom stereocenters. The quantitative estimate of drug-likeness (QED) is 0.403. The van der Waals surface area contributed by atoms with Crippen LogP contribution >= 0.6 is 0 Å². The highest BCUT2D eigenvalue weighted by molar-refractivity contribution is 5.81. The molecular weight excluding hydrogens is 378 g/mol. The number of nitrogens with zero attached hydrogens (tertiary/aromatic N) is 2. The average Bonchev–Trinajstić information content (AvgIpc) is 2.74. The fraction of sp³-hybridized carbons (Fsp3) is 0.652. The van der Waals surface area contributed by atoms with Gasteiger partial charge in [0.1, 0.15) is 5.75 Å². The van der Waals surface area contributed by atoms with E-state index in [0.717, 1.165) is 31.3 Å². The third-order valence-electron chi connectivity index (χ3n) is 5.19. The highest BCUT2D eigenvalue weighted by Gasteiger charge is 2.22. The average molecular weight is 418 g/mol. The van der Waals surface area contributed by atoms with Crippen LogP contribution in [0.5, 0.6) is 5.75 Å². The van der Waals surface area contributed by atoms with Gasteiger partial charge in [-0.1, -0.05) is 18.6 Å². The van der Waals surface area contributed by atoms with Crippen molar-refractivity contribution < 1.29 is 9.53 Å². The Hall–Kier alpha value is -2.28. The number of benzene rings is 1. The van der Waals surface area contributed by atoms with Crippen LogP contribution in [0.3, 0.4) is 0 Å². The number of likely N-dealkylation sites (tertiary alicyclic amines) is 1. The van der Waals surface area contributed by atoms with Crippen molar-refractivity contribution in [2.24, 2.45) is 4.99 Å². The maximum Gasteiger partial charge on any atom is 0.221 e. The molecule has 1 saturated heterocycles. The highest BCUT2D eigenvalue weighted by Crippen LogP contribution is 2.26. The Morgan fingerprint density at radius 2 is 1.83 bits per heavy atom. The number of methoxy groups -OCH3 is 1. The number of carbonyl (C=O) groups excluding carboxylic acids is 1. The minimum Gasteiger partial charge on any atom is -0.497 e. The topological polar surface area (TPSA) is 78.0 Å². The van der Waals surface area contributed by atoms with E-state index in [1.165, 1.54) is 24.8 Å². The van der Waals surface area contributed by atoms with Crippen LogP contribution in [0.2, 0.25) is 0 Å². The van der Waals surface area contributed by atoms with E-state index >= 15 is 0 Å². The lowest BCUT2D eigenvalue weighted by Gasteiger charge is -2.34. The van der Waals surface area contributed by atoms with Crippen LogP contribution in [0.1, 0.15) is 58.1 Å². The minimum absolute atomic E-state index is 0.0535. The van der Waals surface area contributed by atoms with Gasteiger partial charge in [0, 0.05) is 25.6 Å². The van der Waals surface area contributed by atoms with Gasteiger partial charge in [-0.2, -0.15) is 0 Å². The van der Waals surface area contributed by atoms with E-state index in [9.17, 15) is 4.79 Å². The van der Waals surface area contributed by atoms with Crippen molar-refractivity contribution in [2.45, 2.75) is 58.5 Å². The van der Waals surface area contributed by atoms with E-state index in [0.29, 0.717) is 19.5 Å². The summed E-state index contributed by atoms with van der Waals surface area (Å²) in [6, 6.07) is 8.72. The van der Waals surface area contributed by atoms with Gasteiger partial charge < -0.3 is 20.7 Å². The molecule has 168 valence electrons. The number of amides is 1. The maximum absolute atomic E-state index is 11.9. The summed E-state index contributed by atoms with van der Waals surface area (Å²) < 4.78 is 5.32. The second-order valence-electron chi connectivity index (χ2n) is 8.00. The van der Waals surface area contributed by atoms with Gasteiger partial charge in [0.15, 0.2) is 5.96 Å². The van der Waals surface area contributed by atoms with Gasteiger partial charge in [-0.05, 0) is 64.4 Å². The molecular formula is C23H39N5O2. The number of aliphatic imine (C=N–C) groups is 1. The van der Waals surface area contributed by atoms with Gasteiger partial charge >= 0.3 is 0 Å². The van der Waals surface area contributed by atoms with Gasteiger partial charge in [0.2, 0.25) is 5.91 Å². The molecule has 0 aliphatic carbocycles. The van der Waals surface area contributed by atoms with Crippen LogP contribution in [0.4, 0.5) is 0 Å². The number of piperidine rings is 1. The molecule has 0 saturated carbocycles. The van der Waals surface area contributed by atoms with Gasteiger partial charge in [-0.3, -0.25) is 14.7 Å². The smallest absolute Gasteiger partial charge is 0.221 e. The van der Waals surface area contributed by atoms with Crippen LogP contribution in [-0.2, 0) is 4.79 Å². The molecule has 2 rings (SSSR count). The Morgan fingerprint density at radius 1 is 1.13 bits per heavy atom. The van der Waals surface area contributed by atoms with Gasteiger partial charge in [0.25, 0.3) is 0 Å². The SMILES string of the molecule is CCNC(=NCC(c1ccc(OC)cc1)N1CCCCC1)NCCC(=O)NC(C)C. The van der Waals surface area contributed by atoms with Gasteiger partial charge in [0.05, 0.1) is 19.7 Å². The number of nitrogens with one attached hydrogen (secondary N) is 3. The molecule has 1 aromatic rings. The zero-order valence-corrected chi connectivity index (χ0v) is 19.0. The first-order valence-corrected chi connectivity index (χ1v) is 11.2. The third-order valence-corrected chi connectivity index (χ3v) is 5.19. The van der Waals surface area contributed by atoms with Crippen LogP contribution in [0.15, 0.2) is 29.3 Å². The lowest BCUT2D eigenvalue weighted by atomic mass is 10.0. The largest absolute Gasteiger partial charge is 0.497 e. The first-order chi connectivity index (χ1) is 14.5. The molecule has 7 nitrogen and oxygen atoms in total. The van der Waals surface area contributed by atoms with E-state index in [1.54, 1.807) is 7.11 Å². The molecule has 7 heteroatoms. The number of guanidine groups is 1. The summed E-state index contributed by atoms with van der Waals surface area (Å²) in [4.78, 5) is 19.3. The molecule has 1 aromatic carbocycles. The monoisotopic (exact) mass is 417 g/mol. The summed E-state index contributed by atoms with van der Waals surface area (Å²) in [6.45, 7) is 10.2. The number of hydrogen-bond donors (Lipinski definition) is 3. The number of carbonyl (C=O) groups is 1. The standard InChI is InChI=1S/C23H39N5O2/c1-5-24-23(25-14-13-22(29)27-18(2)3)26-17-21(28-15-7-6-8-16-28)19-9-11-20(30-4)12-10-19/h9-12,18,21H,5-8,13-17H2,1-4H3,(H,27,29)(H2,24,25,26). The molecule has 1 fully saturated rings. The molecule has 0 radical (unpaired) electrons. The summed E-state index contributed by atoms with van der Waals surface area (Å²) in [6.07, 6.45) is 4.20. The van der Waals surface area contributed by atoms with Crippen LogP contribution in [0.25, 0.3) is 0 Å². The summed E-state index contributed by atoms with van der Waals surface area (Å²) in [5.74, 6) is 1.68.